The van der Waals surface area contributed by atoms with Gasteiger partial charge in [0.05, 0.1) is 38.4 Å². The van der Waals surface area contributed by atoms with Crippen molar-refractivity contribution in [2.24, 2.45) is 0 Å². The number of nitrogens with zero attached hydrogens (tertiary/aromatic N) is 1. The summed E-state index contributed by atoms with van der Waals surface area (Å²) >= 11 is 0. The Morgan fingerprint density at radius 3 is 2.23 bits per heavy atom. The van der Waals surface area contributed by atoms with E-state index in [1.165, 1.54) is 0 Å². The van der Waals surface area contributed by atoms with Crippen molar-refractivity contribution < 1.29 is 38.7 Å². The average molecular weight is 541 g/mol. The molecule has 39 heavy (non-hydrogen) atoms. The zero-order valence-corrected chi connectivity index (χ0v) is 21.9. The van der Waals surface area contributed by atoms with Crippen LogP contribution in [0.2, 0.25) is 0 Å². The van der Waals surface area contributed by atoms with Gasteiger partial charge in [0.15, 0.2) is 12.1 Å². The maximum Gasteiger partial charge on any atom is 0.303 e. The molecule has 10 heteroatoms. The smallest absolute Gasteiger partial charge is 0.303 e. The van der Waals surface area contributed by atoms with Crippen LogP contribution in [0, 0.1) is 0 Å². The number of benzene rings is 2. The van der Waals surface area contributed by atoms with Crippen LogP contribution in [0.15, 0.2) is 48.5 Å². The number of anilines is 1. The van der Waals surface area contributed by atoms with Crippen LogP contribution in [0.25, 0.3) is 0 Å². The summed E-state index contributed by atoms with van der Waals surface area (Å²) in [6.07, 6.45) is 1.22. The van der Waals surface area contributed by atoms with Crippen LogP contribution in [0.4, 0.5) is 5.69 Å². The van der Waals surface area contributed by atoms with Gasteiger partial charge in [0.1, 0.15) is 0 Å². The summed E-state index contributed by atoms with van der Waals surface area (Å²) in [5.74, 6) is -1.78. The van der Waals surface area contributed by atoms with E-state index in [9.17, 15) is 14.7 Å². The van der Waals surface area contributed by atoms with Gasteiger partial charge in [0.2, 0.25) is 5.91 Å². The van der Waals surface area contributed by atoms with Gasteiger partial charge in [-0.3, -0.25) is 9.59 Å². The number of ether oxygens (including phenoxy) is 4. The molecule has 0 radical (unpaired) electrons. The topological polar surface area (TPSA) is 127 Å². The van der Waals surface area contributed by atoms with E-state index in [1.54, 1.807) is 12.1 Å². The molecular weight excluding hydrogens is 504 g/mol. The predicted molar refractivity (Wildman–Crippen MR) is 141 cm³/mol. The van der Waals surface area contributed by atoms with Crippen LogP contribution in [-0.4, -0.2) is 71.7 Å². The second-order valence-electron chi connectivity index (χ2n) is 10.3. The minimum absolute atomic E-state index is 0.0107. The standard InChI is InChI=1S/C29H36N2O8/c32-19-20-1-3-21(4-2-20)25-17-24(18-31-13-11-29(12-14-31)36-15-16-37-29)38-28(39-25)22-5-7-23(8-6-22)30-26(33)9-10-27(34)35/h1-8,24-25,28,32H,9-19H2,(H,30,33)(H,34,35)/t24-,25+,28+/m1/s1. The van der Waals surface area contributed by atoms with Crippen molar-refractivity contribution in [2.75, 3.05) is 38.2 Å². The summed E-state index contributed by atoms with van der Waals surface area (Å²) < 4.78 is 24.6. The number of carbonyl (C=O) groups is 2. The van der Waals surface area contributed by atoms with Crippen molar-refractivity contribution in [3.05, 3.63) is 65.2 Å². The highest BCUT2D eigenvalue weighted by atomic mass is 16.7. The fourth-order valence-electron chi connectivity index (χ4n) is 5.35. The van der Waals surface area contributed by atoms with E-state index < -0.39 is 18.0 Å². The first-order chi connectivity index (χ1) is 18.9. The first-order valence-corrected chi connectivity index (χ1v) is 13.5. The fourth-order valence-corrected chi connectivity index (χ4v) is 5.35. The van der Waals surface area contributed by atoms with Crippen molar-refractivity contribution in [1.29, 1.82) is 0 Å². The third kappa shape index (κ3) is 7.21. The van der Waals surface area contributed by atoms with Gasteiger partial charge < -0.3 is 39.4 Å². The molecule has 3 atom stereocenters. The van der Waals surface area contributed by atoms with Crippen molar-refractivity contribution in [3.63, 3.8) is 0 Å². The molecule has 2 aromatic carbocycles. The lowest BCUT2D eigenvalue weighted by Crippen LogP contribution is -2.48. The lowest BCUT2D eigenvalue weighted by Gasteiger charge is -2.41. The molecule has 0 unspecified atom stereocenters. The van der Waals surface area contributed by atoms with Crippen LogP contribution in [-0.2, 0) is 35.1 Å². The Kier molecular flexibility index (Phi) is 8.91. The lowest BCUT2D eigenvalue weighted by atomic mass is 9.98. The van der Waals surface area contributed by atoms with Gasteiger partial charge in [-0.1, -0.05) is 36.4 Å². The Hall–Kier alpha value is -2.86. The number of aliphatic hydroxyl groups is 1. The Bertz CT molecular complexity index is 1110. The molecule has 3 saturated heterocycles. The van der Waals surface area contributed by atoms with Gasteiger partial charge in [-0.05, 0) is 23.3 Å². The Balaban J connectivity index is 1.26. The van der Waals surface area contributed by atoms with Crippen molar-refractivity contribution in [1.82, 2.24) is 4.90 Å². The molecule has 3 fully saturated rings. The number of aliphatic carboxylic acids is 1. The molecule has 2 aromatic rings. The number of carbonyl (C=O) groups excluding carboxylic acids is 1. The van der Waals surface area contributed by atoms with Gasteiger partial charge in [0, 0.05) is 56.6 Å². The largest absolute Gasteiger partial charge is 0.481 e. The van der Waals surface area contributed by atoms with Gasteiger partial charge in [0.25, 0.3) is 0 Å². The number of carboxylic acids is 1. The van der Waals surface area contributed by atoms with E-state index in [4.69, 9.17) is 24.1 Å². The monoisotopic (exact) mass is 540 g/mol. The molecule has 0 bridgehead atoms. The zero-order valence-electron chi connectivity index (χ0n) is 21.9. The van der Waals surface area contributed by atoms with Gasteiger partial charge in [-0.15, -0.1) is 0 Å². The van der Waals surface area contributed by atoms with Crippen molar-refractivity contribution in [3.8, 4) is 0 Å². The Labute approximate surface area is 227 Å². The second-order valence-corrected chi connectivity index (χ2v) is 10.3. The minimum Gasteiger partial charge on any atom is -0.481 e. The number of carboxylic acid groups (broad SMARTS) is 1. The molecule has 3 heterocycles. The van der Waals surface area contributed by atoms with E-state index >= 15 is 0 Å². The molecule has 3 N–H and O–H groups in total. The summed E-state index contributed by atoms with van der Waals surface area (Å²) in [4.78, 5) is 25.1. The Morgan fingerprint density at radius 2 is 1.59 bits per heavy atom. The van der Waals surface area contributed by atoms with Gasteiger partial charge in [-0.25, -0.2) is 0 Å². The number of amides is 1. The molecule has 0 saturated carbocycles. The molecule has 0 aromatic heterocycles. The number of aliphatic hydroxyl groups excluding tert-OH is 1. The van der Waals surface area contributed by atoms with Gasteiger partial charge >= 0.3 is 5.97 Å². The number of hydrogen-bond donors (Lipinski definition) is 3. The molecule has 1 spiro atoms. The second kappa shape index (κ2) is 12.5. The summed E-state index contributed by atoms with van der Waals surface area (Å²) in [7, 11) is 0. The van der Waals surface area contributed by atoms with Crippen LogP contribution < -0.4 is 5.32 Å². The van der Waals surface area contributed by atoms with Crippen LogP contribution >= 0.6 is 0 Å². The maximum absolute atomic E-state index is 12.0. The highest BCUT2D eigenvalue weighted by Crippen LogP contribution is 2.39. The molecular formula is C29H36N2O8. The fraction of sp³-hybridized carbons (Fsp3) is 0.517. The summed E-state index contributed by atoms with van der Waals surface area (Å²) in [6, 6.07) is 15.0. The van der Waals surface area contributed by atoms with Crippen molar-refractivity contribution in [2.45, 2.75) is 63.0 Å². The number of nitrogens with one attached hydrogen (secondary N) is 1. The zero-order chi connectivity index (χ0) is 27.2. The first kappa shape index (κ1) is 27.7. The number of rotatable bonds is 9. The number of hydrogen-bond acceptors (Lipinski definition) is 8. The average Bonchev–Trinajstić information content (AvgIpc) is 3.41. The number of likely N-dealkylation sites (tertiary alicyclic amines) is 1. The highest BCUT2D eigenvalue weighted by molar-refractivity contribution is 5.92. The molecule has 3 aliphatic heterocycles. The molecule has 1 amide bonds. The van der Waals surface area contributed by atoms with E-state index in [1.807, 2.05) is 36.4 Å². The van der Waals surface area contributed by atoms with Crippen LogP contribution in [0.1, 0.15) is 61.2 Å². The lowest BCUT2D eigenvalue weighted by molar-refractivity contribution is -0.255. The van der Waals surface area contributed by atoms with Crippen LogP contribution in [0.3, 0.4) is 0 Å². The minimum atomic E-state index is -1.01. The number of piperidine rings is 1. The van der Waals surface area contributed by atoms with E-state index in [0.29, 0.717) is 25.3 Å². The molecule has 3 aliphatic rings. The predicted octanol–water partition coefficient (Wildman–Crippen LogP) is 3.37. The summed E-state index contributed by atoms with van der Waals surface area (Å²) in [6.45, 7) is 3.82. The quantitative estimate of drug-likeness (QED) is 0.439. The van der Waals surface area contributed by atoms with Crippen LogP contribution in [0.5, 0.6) is 0 Å². The molecule has 5 rings (SSSR count). The SMILES string of the molecule is O=C(O)CCC(=O)Nc1ccc([C@H]2O[C@@H](CN3CCC4(CC3)OCCO4)C[C@@H](c3ccc(CO)cc3)O2)cc1. The maximum atomic E-state index is 12.0. The van der Waals surface area contributed by atoms with Crippen molar-refractivity contribution >= 4 is 17.6 Å². The first-order valence-electron chi connectivity index (χ1n) is 13.5. The third-order valence-electron chi connectivity index (χ3n) is 7.54. The molecule has 10 nitrogen and oxygen atoms in total. The molecule has 210 valence electrons. The van der Waals surface area contributed by atoms with E-state index in [-0.39, 0.29) is 37.6 Å². The normalized spacial score (nSPS) is 25.0. The van der Waals surface area contributed by atoms with E-state index in [0.717, 1.165) is 49.2 Å². The summed E-state index contributed by atoms with van der Waals surface area (Å²) in [5, 5.41) is 20.9. The molecule has 0 aliphatic carbocycles. The Morgan fingerprint density at radius 1 is 0.923 bits per heavy atom. The summed E-state index contributed by atoms with van der Waals surface area (Å²) in [5.41, 5.74) is 3.28. The van der Waals surface area contributed by atoms with Gasteiger partial charge in [-0.2, -0.15) is 0 Å². The van der Waals surface area contributed by atoms with E-state index in [2.05, 4.69) is 10.2 Å². The highest BCUT2D eigenvalue weighted by Gasteiger charge is 2.41. The third-order valence-corrected chi connectivity index (χ3v) is 7.54.